The highest BCUT2D eigenvalue weighted by Gasteiger charge is 2.30. The summed E-state index contributed by atoms with van der Waals surface area (Å²) in [6.45, 7) is 1.25. The van der Waals surface area contributed by atoms with E-state index in [0.29, 0.717) is 37.3 Å². The summed E-state index contributed by atoms with van der Waals surface area (Å²) in [5.74, 6) is -1.77. The van der Waals surface area contributed by atoms with Crippen molar-refractivity contribution < 1.29 is 19.4 Å². The van der Waals surface area contributed by atoms with Crippen LogP contribution in [0.25, 0.3) is 5.69 Å². The molecule has 0 aliphatic carbocycles. The summed E-state index contributed by atoms with van der Waals surface area (Å²) in [5.41, 5.74) is 1.12. The van der Waals surface area contributed by atoms with Crippen molar-refractivity contribution in [2.75, 3.05) is 19.8 Å². The van der Waals surface area contributed by atoms with Gasteiger partial charge in [0.25, 0.3) is 5.91 Å². The highest BCUT2D eigenvalue weighted by atomic mass is 16.5. The Morgan fingerprint density at radius 1 is 1.28 bits per heavy atom. The topological polar surface area (TPSA) is 93.5 Å². The van der Waals surface area contributed by atoms with Gasteiger partial charge in [-0.1, -0.05) is 12.1 Å². The van der Waals surface area contributed by atoms with Crippen molar-refractivity contribution >= 4 is 11.9 Å². The lowest BCUT2D eigenvalue weighted by atomic mass is 9.86. The Labute approximate surface area is 145 Å². The summed E-state index contributed by atoms with van der Waals surface area (Å²) in [6.07, 6.45) is 4.81. The minimum absolute atomic E-state index is 0.0212. The van der Waals surface area contributed by atoms with Gasteiger partial charge in [-0.05, 0) is 37.0 Å². The lowest BCUT2D eigenvalue weighted by molar-refractivity contribution is -0.144. The molecule has 7 heteroatoms. The van der Waals surface area contributed by atoms with E-state index in [0.717, 1.165) is 0 Å². The van der Waals surface area contributed by atoms with Crippen LogP contribution in [0, 0.1) is 11.8 Å². The second-order valence-electron chi connectivity index (χ2n) is 6.07. The Hall–Kier alpha value is -2.67. The molecule has 1 aromatic carbocycles. The number of carboxylic acids is 1. The number of carbonyl (C=O) groups excluding carboxylic acids is 1. The number of aromatic nitrogens is 2. The number of hydrogen-bond acceptors (Lipinski definition) is 4. The first kappa shape index (κ1) is 17.2. The first-order valence-electron chi connectivity index (χ1n) is 8.34. The molecule has 1 amide bonds. The maximum Gasteiger partial charge on any atom is 0.308 e. The van der Waals surface area contributed by atoms with Gasteiger partial charge in [-0.25, -0.2) is 4.68 Å². The van der Waals surface area contributed by atoms with Crippen LogP contribution in [0.4, 0.5) is 0 Å². The van der Waals surface area contributed by atoms with Crippen molar-refractivity contribution in [2.24, 2.45) is 11.8 Å². The number of aliphatic carboxylic acids is 1. The van der Waals surface area contributed by atoms with Gasteiger partial charge in [0.05, 0.1) is 17.2 Å². The molecule has 1 unspecified atom stereocenters. The molecule has 132 valence electrons. The molecule has 1 aliphatic heterocycles. The van der Waals surface area contributed by atoms with Crippen LogP contribution in [0.3, 0.4) is 0 Å². The molecule has 7 nitrogen and oxygen atoms in total. The Balaban J connectivity index is 1.71. The fourth-order valence-electron chi connectivity index (χ4n) is 3.15. The molecule has 0 radical (unpaired) electrons. The molecular formula is C18H21N3O4. The highest BCUT2D eigenvalue weighted by Crippen LogP contribution is 2.24. The van der Waals surface area contributed by atoms with Crippen LogP contribution in [0.15, 0.2) is 42.7 Å². The van der Waals surface area contributed by atoms with Crippen molar-refractivity contribution in [3.8, 4) is 5.69 Å². The summed E-state index contributed by atoms with van der Waals surface area (Å²) in [4.78, 5) is 24.2. The monoisotopic (exact) mass is 343 g/mol. The Kier molecular flexibility index (Phi) is 5.45. The molecule has 3 rings (SSSR count). The van der Waals surface area contributed by atoms with Crippen LogP contribution in [0.2, 0.25) is 0 Å². The second kappa shape index (κ2) is 7.94. The summed E-state index contributed by atoms with van der Waals surface area (Å²) in [6, 6.07) is 8.89. The molecule has 2 heterocycles. The minimum Gasteiger partial charge on any atom is -0.481 e. The van der Waals surface area contributed by atoms with Gasteiger partial charge in [0, 0.05) is 32.2 Å². The standard InChI is InChI=1S/C18H21N3O4/c22-17(14-4-1-2-5-16(14)21-9-3-8-20-21)19-12-15(18(23)24)13-6-10-25-11-7-13/h1-5,8-9,13,15H,6-7,10-12H2,(H,19,22)(H,23,24). The lowest BCUT2D eigenvalue weighted by Gasteiger charge is -2.27. The van der Waals surface area contributed by atoms with E-state index in [2.05, 4.69) is 10.4 Å². The largest absolute Gasteiger partial charge is 0.481 e. The summed E-state index contributed by atoms with van der Waals surface area (Å²) < 4.78 is 6.90. The van der Waals surface area contributed by atoms with Crippen LogP contribution in [0.5, 0.6) is 0 Å². The molecule has 0 spiro atoms. The first-order chi connectivity index (χ1) is 12.2. The van der Waals surface area contributed by atoms with E-state index in [1.54, 1.807) is 41.3 Å². The average Bonchev–Trinajstić information content (AvgIpc) is 3.17. The molecular weight excluding hydrogens is 322 g/mol. The predicted octanol–water partition coefficient (Wildman–Crippen LogP) is 1.73. The molecule has 1 saturated heterocycles. The van der Waals surface area contributed by atoms with Crippen LogP contribution in [0.1, 0.15) is 23.2 Å². The molecule has 1 aromatic heterocycles. The van der Waals surface area contributed by atoms with Gasteiger partial charge < -0.3 is 15.2 Å². The zero-order valence-electron chi connectivity index (χ0n) is 13.8. The highest BCUT2D eigenvalue weighted by molar-refractivity contribution is 5.97. The normalized spacial score (nSPS) is 16.3. The van der Waals surface area contributed by atoms with Gasteiger partial charge in [0.1, 0.15) is 0 Å². The number of ether oxygens (including phenoxy) is 1. The zero-order chi connectivity index (χ0) is 17.6. The Morgan fingerprint density at radius 2 is 2.04 bits per heavy atom. The lowest BCUT2D eigenvalue weighted by Crippen LogP contribution is -2.39. The van der Waals surface area contributed by atoms with Gasteiger partial charge in [0.2, 0.25) is 0 Å². The van der Waals surface area contributed by atoms with E-state index in [4.69, 9.17) is 4.74 Å². The van der Waals surface area contributed by atoms with Gasteiger partial charge >= 0.3 is 5.97 Å². The van der Waals surface area contributed by atoms with Crippen molar-refractivity contribution in [3.05, 3.63) is 48.3 Å². The van der Waals surface area contributed by atoms with Crippen molar-refractivity contribution in [1.29, 1.82) is 0 Å². The Bertz CT molecular complexity index is 724. The van der Waals surface area contributed by atoms with Crippen LogP contribution < -0.4 is 5.32 Å². The second-order valence-corrected chi connectivity index (χ2v) is 6.07. The van der Waals surface area contributed by atoms with Crippen molar-refractivity contribution in [1.82, 2.24) is 15.1 Å². The number of carbonyl (C=O) groups is 2. The van der Waals surface area contributed by atoms with Crippen LogP contribution in [-0.4, -0.2) is 46.5 Å². The third-order valence-corrected chi connectivity index (χ3v) is 4.53. The van der Waals surface area contributed by atoms with Gasteiger partial charge in [0.15, 0.2) is 0 Å². The van der Waals surface area contributed by atoms with E-state index in [-0.39, 0.29) is 18.4 Å². The Morgan fingerprint density at radius 3 is 2.72 bits per heavy atom. The van der Waals surface area contributed by atoms with E-state index in [9.17, 15) is 14.7 Å². The smallest absolute Gasteiger partial charge is 0.308 e. The molecule has 1 aliphatic rings. The fourth-order valence-corrected chi connectivity index (χ4v) is 3.15. The molecule has 1 atom stereocenters. The number of para-hydroxylation sites is 1. The summed E-state index contributed by atoms with van der Waals surface area (Å²) in [5, 5.41) is 16.4. The quantitative estimate of drug-likeness (QED) is 0.833. The number of amides is 1. The minimum atomic E-state index is -0.882. The van der Waals surface area contributed by atoms with Gasteiger partial charge in [-0.15, -0.1) is 0 Å². The average molecular weight is 343 g/mol. The number of nitrogens with zero attached hydrogens (tertiary/aromatic N) is 2. The van der Waals surface area contributed by atoms with Crippen molar-refractivity contribution in [3.63, 3.8) is 0 Å². The molecule has 25 heavy (non-hydrogen) atoms. The molecule has 0 bridgehead atoms. The first-order valence-corrected chi connectivity index (χ1v) is 8.34. The summed E-state index contributed by atoms with van der Waals surface area (Å²) >= 11 is 0. The molecule has 1 fully saturated rings. The predicted molar refractivity (Wildman–Crippen MR) is 90.6 cm³/mol. The summed E-state index contributed by atoms with van der Waals surface area (Å²) in [7, 11) is 0. The van der Waals surface area contributed by atoms with E-state index in [1.807, 2.05) is 6.07 Å². The number of rotatable bonds is 6. The zero-order valence-corrected chi connectivity index (χ0v) is 13.8. The van der Waals surface area contributed by atoms with E-state index in [1.165, 1.54) is 0 Å². The third kappa shape index (κ3) is 4.06. The number of hydrogen-bond donors (Lipinski definition) is 2. The third-order valence-electron chi connectivity index (χ3n) is 4.53. The van der Waals surface area contributed by atoms with Gasteiger partial charge in [-0.3, -0.25) is 9.59 Å². The molecule has 2 aromatic rings. The van der Waals surface area contributed by atoms with E-state index < -0.39 is 11.9 Å². The van der Waals surface area contributed by atoms with E-state index >= 15 is 0 Å². The van der Waals surface area contributed by atoms with Crippen LogP contribution in [-0.2, 0) is 9.53 Å². The molecule has 0 saturated carbocycles. The van der Waals surface area contributed by atoms with Crippen LogP contribution >= 0.6 is 0 Å². The maximum atomic E-state index is 12.6. The fraction of sp³-hybridized carbons (Fsp3) is 0.389. The number of benzene rings is 1. The SMILES string of the molecule is O=C(NCC(C(=O)O)C1CCOCC1)c1ccccc1-n1cccn1. The maximum absolute atomic E-state index is 12.6. The number of carboxylic acid groups (broad SMARTS) is 1. The molecule has 2 N–H and O–H groups in total. The van der Waals surface area contributed by atoms with Crippen molar-refractivity contribution in [2.45, 2.75) is 12.8 Å². The number of nitrogens with one attached hydrogen (secondary N) is 1. The van der Waals surface area contributed by atoms with Gasteiger partial charge in [-0.2, -0.15) is 5.10 Å².